The van der Waals surface area contributed by atoms with Crippen molar-refractivity contribution in [1.29, 1.82) is 0 Å². The second kappa shape index (κ2) is 6.39. The Balaban J connectivity index is 1.97. The van der Waals surface area contributed by atoms with Crippen LogP contribution in [0.15, 0.2) is 43.0 Å². The van der Waals surface area contributed by atoms with Gasteiger partial charge in [-0.3, -0.25) is 9.36 Å². The van der Waals surface area contributed by atoms with Gasteiger partial charge in [0.05, 0.1) is 6.61 Å². The Kier molecular flexibility index (Phi) is 4.14. The molecule has 3 aromatic rings. The first-order valence-electron chi connectivity index (χ1n) is 7.29. The Hall–Kier alpha value is -3.02. The van der Waals surface area contributed by atoms with Gasteiger partial charge >= 0.3 is 0 Å². The van der Waals surface area contributed by atoms with Crippen LogP contribution in [0.5, 0.6) is 5.88 Å². The number of benzene rings is 1. The summed E-state index contributed by atoms with van der Waals surface area (Å²) >= 11 is 0. The molecule has 1 aromatic carbocycles. The Morgan fingerprint density at radius 1 is 1.22 bits per heavy atom. The summed E-state index contributed by atoms with van der Waals surface area (Å²) in [6.45, 7) is 3.95. The molecular formula is C17H16N4O2. The molecule has 0 radical (unpaired) electrons. The smallest absolute Gasteiger partial charge is 0.245 e. The summed E-state index contributed by atoms with van der Waals surface area (Å²) < 4.78 is 7.35. The van der Waals surface area contributed by atoms with Gasteiger partial charge in [0.15, 0.2) is 16.9 Å². The van der Waals surface area contributed by atoms with Crippen LogP contribution < -0.4 is 4.74 Å². The van der Waals surface area contributed by atoms with Crippen molar-refractivity contribution in [2.45, 2.75) is 13.8 Å². The zero-order chi connectivity index (χ0) is 16.2. The summed E-state index contributed by atoms with van der Waals surface area (Å²) in [4.78, 5) is 23.7. The third-order valence-corrected chi connectivity index (χ3v) is 3.26. The lowest BCUT2D eigenvalue weighted by Crippen LogP contribution is -1.98. The highest BCUT2D eigenvalue weighted by molar-refractivity contribution is 5.91. The van der Waals surface area contributed by atoms with Crippen LogP contribution in [0.4, 0.5) is 0 Å². The third-order valence-electron chi connectivity index (χ3n) is 3.26. The molecule has 0 unspecified atom stereocenters. The summed E-state index contributed by atoms with van der Waals surface area (Å²) in [6.07, 6.45) is 6.49. The summed E-state index contributed by atoms with van der Waals surface area (Å²) in [5.41, 5.74) is 3.21. The number of ether oxygens (including phenoxy) is 1. The van der Waals surface area contributed by atoms with Crippen molar-refractivity contribution < 1.29 is 9.53 Å². The minimum atomic E-state index is 0.0230. The number of carbonyl (C=O) groups is 1. The quantitative estimate of drug-likeness (QED) is 0.678. The summed E-state index contributed by atoms with van der Waals surface area (Å²) in [5, 5.41) is 0. The van der Waals surface area contributed by atoms with Crippen molar-refractivity contribution in [3.05, 3.63) is 48.6 Å². The molecule has 0 N–H and O–H groups in total. The lowest BCUT2D eigenvalue weighted by Gasteiger charge is -2.05. The minimum Gasteiger partial charge on any atom is -0.476 e. The van der Waals surface area contributed by atoms with Crippen molar-refractivity contribution in [3.63, 3.8) is 0 Å². The predicted molar refractivity (Wildman–Crippen MR) is 87.5 cm³/mol. The van der Waals surface area contributed by atoms with Gasteiger partial charge in [-0.25, -0.2) is 9.97 Å². The highest BCUT2D eigenvalue weighted by Crippen LogP contribution is 2.22. The third kappa shape index (κ3) is 3.11. The van der Waals surface area contributed by atoms with Crippen LogP contribution in [-0.4, -0.2) is 31.9 Å². The van der Waals surface area contributed by atoms with Gasteiger partial charge in [-0.1, -0.05) is 18.2 Å². The molecule has 0 atom stereocenters. The topological polar surface area (TPSA) is 69.9 Å². The molecule has 0 fully saturated rings. The molecule has 6 heteroatoms. The maximum absolute atomic E-state index is 11.0. The number of carbonyl (C=O) groups excluding carboxylic acids is 1. The molecule has 0 aliphatic carbocycles. The lowest BCUT2D eigenvalue weighted by molar-refractivity contribution is -0.112. The van der Waals surface area contributed by atoms with Gasteiger partial charge < -0.3 is 4.74 Å². The number of allylic oxidation sites excluding steroid dienone is 1. The first-order chi connectivity index (χ1) is 11.2. The lowest BCUT2D eigenvalue weighted by atomic mass is 10.2. The van der Waals surface area contributed by atoms with Gasteiger partial charge in [-0.2, -0.15) is 4.98 Å². The van der Waals surface area contributed by atoms with E-state index in [0.717, 1.165) is 11.3 Å². The van der Waals surface area contributed by atoms with Gasteiger partial charge in [0, 0.05) is 5.69 Å². The van der Waals surface area contributed by atoms with Crippen LogP contribution in [0.25, 0.3) is 22.9 Å². The van der Waals surface area contributed by atoms with E-state index in [-0.39, 0.29) is 5.78 Å². The molecule has 0 amide bonds. The Morgan fingerprint density at radius 3 is 2.70 bits per heavy atom. The van der Waals surface area contributed by atoms with Gasteiger partial charge in [-0.05, 0) is 37.6 Å². The fraction of sp³-hybridized carbons (Fsp3) is 0.176. The number of fused-ring (bicyclic) bond motifs is 1. The number of hydrogen-bond donors (Lipinski definition) is 0. The van der Waals surface area contributed by atoms with Gasteiger partial charge in [0.1, 0.15) is 12.7 Å². The van der Waals surface area contributed by atoms with Gasteiger partial charge in [0.25, 0.3) is 0 Å². The molecule has 0 saturated carbocycles. The molecule has 6 nitrogen and oxygen atoms in total. The SMILES string of the molecule is CCOc1ncnc2c1ncn2-c1ccc(/C=C/C(C)=O)cc1. The number of nitrogens with zero attached hydrogens (tertiary/aromatic N) is 4. The van der Waals surface area contributed by atoms with E-state index in [1.165, 1.54) is 13.3 Å². The van der Waals surface area contributed by atoms with Crippen molar-refractivity contribution in [2.24, 2.45) is 0 Å². The molecule has 116 valence electrons. The van der Waals surface area contributed by atoms with Crippen LogP contribution in [0.1, 0.15) is 19.4 Å². The largest absolute Gasteiger partial charge is 0.476 e. The first-order valence-corrected chi connectivity index (χ1v) is 7.29. The van der Waals surface area contributed by atoms with Crippen molar-refractivity contribution in [2.75, 3.05) is 6.61 Å². The van der Waals surface area contributed by atoms with Crippen LogP contribution in [-0.2, 0) is 4.79 Å². The summed E-state index contributed by atoms with van der Waals surface area (Å²) in [6, 6.07) is 7.77. The Morgan fingerprint density at radius 2 is 2.00 bits per heavy atom. The monoisotopic (exact) mass is 308 g/mol. The van der Waals surface area contributed by atoms with E-state index in [1.54, 1.807) is 18.5 Å². The molecule has 0 bridgehead atoms. The molecular weight excluding hydrogens is 292 g/mol. The fourth-order valence-corrected chi connectivity index (χ4v) is 2.20. The average Bonchev–Trinajstić information content (AvgIpc) is 2.99. The molecule has 2 heterocycles. The van der Waals surface area contributed by atoms with Gasteiger partial charge in [-0.15, -0.1) is 0 Å². The molecule has 0 saturated heterocycles. The zero-order valence-corrected chi connectivity index (χ0v) is 12.9. The normalized spacial score (nSPS) is 11.2. The van der Waals surface area contributed by atoms with E-state index in [4.69, 9.17) is 4.74 Å². The highest BCUT2D eigenvalue weighted by atomic mass is 16.5. The van der Waals surface area contributed by atoms with Crippen LogP contribution >= 0.6 is 0 Å². The number of ketones is 1. The second-order valence-corrected chi connectivity index (χ2v) is 4.93. The first kappa shape index (κ1) is 14.9. The Labute approximate surface area is 133 Å². The van der Waals surface area contributed by atoms with E-state index in [9.17, 15) is 4.79 Å². The number of aromatic nitrogens is 4. The van der Waals surface area contributed by atoms with Crippen molar-refractivity contribution >= 4 is 23.0 Å². The fourth-order valence-electron chi connectivity index (χ4n) is 2.20. The maximum atomic E-state index is 11.0. The number of hydrogen-bond acceptors (Lipinski definition) is 5. The Bertz CT molecular complexity index is 866. The van der Waals surface area contributed by atoms with E-state index in [2.05, 4.69) is 15.0 Å². The maximum Gasteiger partial charge on any atom is 0.245 e. The molecule has 0 spiro atoms. The van der Waals surface area contributed by atoms with Crippen molar-refractivity contribution in [3.8, 4) is 11.6 Å². The van der Waals surface area contributed by atoms with E-state index >= 15 is 0 Å². The summed E-state index contributed by atoms with van der Waals surface area (Å²) in [5.74, 6) is 0.507. The zero-order valence-electron chi connectivity index (χ0n) is 12.9. The van der Waals surface area contributed by atoms with Crippen LogP contribution in [0.3, 0.4) is 0 Å². The molecule has 23 heavy (non-hydrogen) atoms. The summed E-state index contributed by atoms with van der Waals surface area (Å²) in [7, 11) is 0. The molecule has 0 aliphatic rings. The molecule has 2 aromatic heterocycles. The number of rotatable bonds is 5. The van der Waals surface area contributed by atoms with Crippen LogP contribution in [0, 0.1) is 0 Å². The standard InChI is InChI=1S/C17H16N4O2/c1-3-23-17-15-16(18-10-19-17)21(11-20-15)14-8-6-13(7-9-14)5-4-12(2)22/h4-11H,3H2,1-2H3/b5-4+. The molecule has 3 rings (SSSR count). The van der Waals surface area contributed by atoms with Gasteiger partial charge in [0.2, 0.25) is 5.88 Å². The van der Waals surface area contributed by atoms with E-state index in [1.807, 2.05) is 35.8 Å². The molecule has 0 aliphatic heterocycles. The van der Waals surface area contributed by atoms with E-state index in [0.29, 0.717) is 23.7 Å². The van der Waals surface area contributed by atoms with E-state index < -0.39 is 0 Å². The van der Waals surface area contributed by atoms with Crippen molar-refractivity contribution in [1.82, 2.24) is 19.5 Å². The minimum absolute atomic E-state index is 0.0230. The number of imidazole rings is 1. The predicted octanol–water partition coefficient (Wildman–Crippen LogP) is 2.82. The van der Waals surface area contributed by atoms with Crippen LogP contribution in [0.2, 0.25) is 0 Å². The second-order valence-electron chi connectivity index (χ2n) is 4.93. The average molecular weight is 308 g/mol. The highest BCUT2D eigenvalue weighted by Gasteiger charge is 2.11.